The minimum atomic E-state index is -0.128. The number of likely N-dealkylation sites (tertiary alicyclic amines) is 1. The van der Waals surface area contributed by atoms with Crippen LogP contribution in [0.15, 0.2) is 17.8 Å². The van der Waals surface area contributed by atoms with Crippen LogP contribution in [-0.2, 0) is 6.54 Å². The quantitative estimate of drug-likeness (QED) is 0.881. The fraction of sp³-hybridized carbons (Fsp3) is 0.583. The van der Waals surface area contributed by atoms with Crippen molar-refractivity contribution in [2.24, 2.45) is 5.92 Å². The van der Waals surface area contributed by atoms with Crippen LogP contribution in [0.5, 0.6) is 0 Å². The highest BCUT2D eigenvalue weighted by Crippen LogP contribution is 2.19. The number of hydrogen-bond acceptors (Lipinski definition) is 4. The molecule has 2 aromatic rings. The van der Waals surface area contributed by atoms with Gasteiger partial charge in [-0.15, -0.1) is 11.3 Å². The van der Waals surface area contributed by atoms with Gasteiger partial charge in [0.2, 0.25) is 0 Å². The maximum absolute atomic E-state index is 9.70. The van der Waals surface area contributed by atoms with E-state index in [4.69, 9.17) is 0 Å². The number of rotatable bonds is 2. The number of imidazole rings is 1. The average Bonchev–Trinajstić information content (AvgIpc) is 2.84. The number of thiazole rings is 1. The van der Waals surface area contributed by atoms with Gasteiger partial charge < -0.3 is 5.11 Å². The number of aliphatic hydroxyl groups is 1. The summed E-state index contributed by atoms with van der Waals surface area (Å²) in [6, 6.07) is 0. The van der Waals surface area contributed by atoms with Crippen LogP contribution in [0.3, 0.4) is 0 Å². The summed E-state index contributed by atoms with van der Waals surface area (Å²) in [5.41, 5.74) is 1.13. The van der Waals surface area contributed by atoms with Crippen LogP contribution in [0.25, 0.3) is 4.96 Å². The molecule has 17 heavy (non-hydrogen) atoms. The van der Waals surface area contributed by atoms with Gasteiger partial charge in [0.05, 0.1) is 11.8 Å². The summed E-state index contributed by atoms with van der Waals surface area (Å²) in [4.78, 5) is 8.03. The Morgan fingerprint density at radius 2 is 2.47 bits per heavy atom. The van der Waals surface area contributed by atoms with Crippen molar-refractivity contribution in [3.8, 4) is 0 Å². The Balaban J connectivity index is 1.69. The van der Waals surface area contributed by atoms with Crippen LogP contribution in [0.2, 0.25) is 0 Å². The normalized spacial score (nSPS) is 26.7. The van der Waals surface area contributed by atoms with E-state index >= 15 is 0 Å². The van der Waals surface area contributed by atoms with E-state index in [1.54, 1.807) is 11.3 Å². The van der Waals surface area contributed by atoms with Crippen molar-refractivity contribution in [2.45, 2.75) is 26.0 Å². The summed E-state index contributed by atoms with van der Waals surface area (Å²) < 4.78 is 2.07. The minimum absolute atomic E-state index is 0.128. The van der Waals surface area contributed by atoms with E-state index < -0.39 is 0 Å². The fourth-order valence-electron chi connectivity index (χ4n) is 2.44. The molecule has 3 rings (SSSR count). The maximum Gasteiger partial charge on any atom is 0.193 e. The molecular formula is C12H17N3OS. The van der Waals surface area contributed by atoms with Gasteiger partial charge in [0, 0.05) is 37.4 Å². The van der Waals surface area contributed by atoms with E-state index in [0.29, 0.717) is 5.92 Å². The lowest BCUT2D eigenvalue weighted by Gasteiger charge is -2.33. The van der Waals surface area contributed by atoms with Gasteiger partial charge in [-0.05, 0) is 12.3 Å². The van der Waals surface area contributed by atoms with E-state index in [0.717, 1.165) is 36.7 Å². The van der Waals surface area contributed by atoms with Crippen molar-refractivity contribution < 1.29 is 5.11 Å². The largest absolute Gasteiger partial charge is 0.393 e. The van der Waals surface area contributed by atoms with Crippen LogP contribution in [0, 0.1) is 5.92 Å². The molecule has 2 aromatic heterocycles. The Kier molecular flexibility index (Phi) is 2.90. The third-order valence-corrected chi connectivity index (χ3v) is 4.24. The number of aromatic nitrogens is 2. The molecule has 1 saturated heterocycles. The second kappa shape index (κ2) is 4.40. The molecule has 3 heterocycles. The second-order valence-corrected chi connectivity index (χ2v) is 5.77. The lowest BCUT2D eigenvalue weighted by Crippen LogP contribution is -2.41. The highest BCUT2D eigenvalue weighted by Gasteiger charge is 2.24. The molecule has 1 aliphatic rings. The first kappa shape index (κ1) is 11.2. The van der Waals surface area contributed by atoms with E-state index in [2.05, 4.69) is 27.4 Å². The first-order valence-corrected chi connectivity index (χ1v) is 6.92. The molecule has 1 fully saturated rings. The lowest BCUT2D eigenvalue weighted by molar-refractivity contribution is 0.0316. The number of nitrogens with zero attached hydrogens (tertiary/aromatic N) is 3. The van der Waals surface area contributed by atoms with Gasteiger partial charge in [-0.1, -0.05) is 6.92 Å². The van der Waals surface area contributed by atoms with Gasteiger partial charge in [0.25, 0.3) is 0 Å². The van der Waals surface area contributed by atoms with Gasteiger partial charge in [-0.2, -0.15) is 0 Å². The molecule has 5 heteroatoms. The third kappa shape index (κ3) is 2.22. The van der Waals surface area contributed by atoms with E-state index in [9.17, 15) is 5.11 Å². The van der Waals surface area contributed by atoms with E-state index in [-0.39, 0.29) is 6.10 Å². The monoisotopic (exact) mass is 251 g/mol. The molecule has 0 radical (unpaired) electrons. The summed E-state index contributed by atoms with van der Waals surface area (Å²) in [7, 11) is 0. The van der Waals surface area contributed by atoms with Crippen molar-refractivity contribution >= 4 is 16.3 Å². The molecule has 92 valence electrons. The Labute approximate surface area is 105 Å². The fourth-order valence-corrected chi connectivity index (χ4v) is 3.16. The van der Waals surface area contributed by atoms with Gasteiger partial charge in [0.1, 0.15) is 0 Å². The topological polar surface area (TPSA) is 40.8 Å². The predicted molar refractivity (Wildman–Crippen MR) is 68.1 cm³/mol. The van der Waals surface area contributed by atoms with Crippen LogP contribution in [0.4, 0.5) is 0 Å². The van der Waals surface area contributed by atoms with Gasteiger partial charge in [-0.25, -0.2) is 4.98 Å². The smallest absolute Gasteiger partial charge is 0.193 e. The molecule has 1 aliphatic heterocycles. The molecule has 0 aromatic carbocycles. The lowest BCUT2D eigenvalue weighted by atomic mass is 9.97. The Morgan fingerprint density at radius 1 is 1.59 bits per heavy atom. The van der Waals surface area contributed by atoms with E-state index in [1.807, 2.05) is 11.6 Å². The van der Waals surface area contributed by atoms with Gasteiger partial charge >= 0.3 is 0 Å². The van der Waals surface area contributed by atoms with Crippen molar-refractivity contribution in [1.29, 1.82) is 0 Å². The summed E-state index contributed by atoms with van der Waals surface area (Å²) in [6.07, 6.45) is 4.89. The predicted octanol–water partition coefficient (Wildman–Crippen LogP) is 1.60. The molecule has 0 saturated carbocycles. The zero-order valence-electron chi connectivity index (χ0n) is 9.91. The molecule has 1 N–H and O–H groups in total. The second-order valence-electron chi connectivity index (χ2n) is 4.89. The molecule has 0 aliphatic carbocycles. The van der Waals surface area contributed by atoms with Crippen molar-refractivity contribution in [3.05, 3.63) is 23.5 Å². The van der Waals surface area contributed by atoms with Crippen LogP contribution in [0.1, 0.15) is 19.0 Å². The SMILES string of the molecule is CC1CN(Cc2cn3ccsc3n2)CCC1O. The molecule has 0 amide bonds. The molecule has 2 atom stereocenters. The highest BCUT2D eigenvalue weighted by atomic mass is 32.1. The van der Waals surface area contributed by atoms with Gasteiger partial charge in [0.15, 0.2) is 4.96 Å². The summed E-state index contributed by atoms with van der Waals surface area (Å²) in [6.45, 7) is 4.94. The zero-order valence-corrected chi connectivity index (χ0v) is 10.7. The van der Waals surface area contributed by atoms with Crippen LogP contribution < -0.4 is 0 Å². The molecule has 0 bridgehead atoms. The Bertz CT molecular complexity index is 478. The minimum Gasteiger partial charge on any atom is -0.393 e. The molecule has 2 unspecified atom stereocenters. The Hall–Kier alpha value is -0.910. The first-order chi connectivity index (χ1) is 8.22. The average molecular weight is 251 g/mol. The first-order valence-electron chi connectivity index (χ1n) is 6.04. The third-order valence-electron chi connectivity index (χ3n) is 3.47. The van der Waals surface area contributed by atoms with Crippen molar-refractivity contribution in [2.75, 3.05) is 13.1 Å². The molecule has 4 nitrogen and oxygen atoms in total. The summed E-state index contributed by atoms with van der Waals surface area (Å²) in [5.74, 6) is 0.368. The highest BCUT2D eigenvalue weighted by molar-refractivity contribution is 7.15. The number of aliphatic hydroxyl groups excluding tert-OH is 1. The molecule has 0 spiro atoms. The zero-order chi connectivity index (χ0) is 11.8. The molecular weight excluding hydrogens is 234 g/mol. The number of fused-ring (bicyclic) bond motifs is 1. The maximum atomic E-state index is 9.70. The standard InChI is InChI=1S/C12H17N3OS/c1-9-6-14(3-2-11(9)16)7-10-8-15-4-5-17-12(15)13-10/h4-5,8-9,11,16H,2-3,6-7H2,1H3. The van der Waals surface area contributed by atoms with Crippen molar-refractivity contribution in [1.82, 2.24) is 14.3 Å². The van der Waals surface area contributed by atoms with Crippen molar-refractivity contribution in [3.63, 3.8) is 0 Å². The summed E-state index contributed by atoms with van der Waals surface area (Å²) in [5, 5.41) is 11.7. The number of piperidine rings is 1. The number of hydrogen-bond donors (Lipinski definition) is 1. The Morgan fingerprint density at radius 3 is 3.24 bits per heavy atom. The van der Waals surface area contributed by atoms with Crippen LogP contribution >= 0.6 is 11.3 Å². The van der Waals surface area contributed by atoms with Gasteiger partial charge in [-0.3, -0.25) is 9.30 Å². The van der Waals surface area contributed by atoms with Crippen LogP contribution in [-0.4, -0.2) is 38.6 Å². The van der Waals surface area contributed by atoms with E-state index in [1.165, 1.54) is 0 Å². The summed E-state index contributed by atoms with van der Waals surface area (Å²) >= 11 is 1.66.